The van der Waals surface area contributed by atoms with E-state index in [2.05, 4.69) is 69.0 Å². The fraction of sp³-hybridized carbons (Fsp3) is 0.390. The minimum absolute atomic E-state index is 0.0809. The van der Waals surface area contributed by atoms with Crippen LogP contribution in [0.3, 0.4) is 0 Å². The molecule has 0 aliphatic carbocycles. The molecule has 6 rings (SSSR count). The molecule has 2 heterocycles. The molecule has 1 saturated heterocycles. The predicted octanol–water partition coefficient (Wildman–Crippen LogP) is 8.52. The summed E-state index contributed by atoms with van der Waals surface area (Å²) in [4.78, 5) is 16.3. The van der Waals surface area contributed by atoms with Crippen LogP contribution in [0.1, 0.15) is 48.8 Å². The zero-order valence-corrected chi connectivity index (χ0v) is 30.7. The van der Waals surface area contributed by atoms with Gasteiger partial charge in [-0.05, 0) is 93.2 Å². The SMILES string of the molecule is CNCCCCOc1ccccc1Cc1ccccc1.O=C1CCc2ccc(OCCCCN3CCN(c4cccc(Cl)c4Cl)CC3)cc2N1. The summed E-state index contributed by atoms with van der Waals surface area (Å²) in [6, 6.07) is 30.6. The number of rotatable bonds is 15. The second-order valence-electron chi connectivity index (χ2n) is 12.8. The number of para-hydroxylation sites is 1. The fourth-order valence-electron chi connectivity index (χ4n) is 6.21. The highest BCUT2D eigenvalue weighted by atomic mass is 35.5. The van der Waals surface area contributed by atoms with E-state index >= 15 is 0 Å². The number of ether oxygens (including phenoxy) is 2. The van der Waals surface area contributed by atoms with Gasteiger partial charge in [0, 0.05) is 50.8 Å². The summed E-state index contributed by atoms with van der Waals surface area (Å²) in [5.41, 5.74) is 5.67. The van der Waals surface area contributed by atoms with Crippen molar-refractivity contribution in [3.8, 4) is 11.5 Å². The molecule has 0 saturated carbocycles. The smallest absolute Gasteiger partial charge is 0.224 e. The van der Waals surface area contributed by atoms with Gasteiger partial charge in [0.2, 0.25) is 5.91 Å². The average Bonchev–Trinajstić information content (AvgIpc) is 3.14. The van der Waals surface area contributed by atoms with Crippen molar-refractivity contribution in [1.82, 2.24) is 10.2 Å². The molecule has 2 aliphatic rings. The third-order valence-electron chi connectivity index (χ3n) is 9.05. The molecule has 1 amide bonds. The summed E-state index contributed by atoms with van der Waals surface area (Å²) in [5, 5.41) is 7.33. The number of nitrogens with one attached hydrogen (secondary N) is 2. The number of hydrogen-bond acceptors (Lipinski definition) is 6. The number of unbranched alkanes of at least 4 members (excludes halogenated alkanes) is 2. The lowest BCUT2D eigenvalue weighted by atomic mass is 10.0. The van der Waals surface area contributed by atoms with Crippen LogP contribution in [0, 0.1) is 0 Å². The zero-order chi connectivity index (χ0) is 35.0. The highest BCUT2D eigenvalue weighted by Gasteiger charge is 2.19. The molecule has 2 N–H and O–H groups in total. The lowest BCUT2D eigenvalue weighted by molar-refractivity contribution is -0.116. The van der Waals surface area contributed by atoms with E-state index in [9.17, 15) is 4.79 Å². The number of aryl methyl sites for hydroxylation is 1. The van der Waals surface area contributed by atoms with Crippen LogP contribution in [0.25, 0.3) is 0 Å². The maximum Gasteiger partial charge on any atom is 0.224 e. The second kappa shape index (κ2) is 20.2. The summed E-state index contributed by atoms with van der Waals surface area (Å²) >= 11 is 12.5. The van der Waals surface area contributed by atoms with E-state index in [-0.39, 0.29) is 5.91 Å². The van der Waals surface area contributed by atoms with E-state index in [4.69, 9.17) is 32.7 Å². The first-order chi connectivity index (χ1) is 24.5. The molecule has 7 nitrogen and oxygen atoms in total. The van der Waals surface area contributed by atoms with E-state index < -0.39 is 0 Å². The molecule has 0 aromatic heterocycles. The second-order valence-corrected chi connectivity index (χ2v) is 13.5. The number of fused-ring (bicyclic) bond motifs is 1. The number of nitrogens with zero attached hydrogens (tertiary/aromatic N) is 2. The fourth-order valence-corrected chi connectivity index (χ4v) is 6.62. The summed E-state index contributed by atoms with van der Waals surface area (Å²) in [6.45, 7) is 7.55. The van der Waals surface area contributed by atoms with Crippen molar-refractivity contribution in [2.45, 2.75) is 44.9 Å². The maximum atomic E-state index is 11.5. The molecule has 50 heavy (non-hydrogen) atoms. The van der Waals surface area contributed by atoms with E-state index in [1.165, 1.54) is 16.7 Å². The lowest BCUT2D eigenvalue weighted by Crippen LogP contribution is -2.46. The van der Waals surface area contributed by atoms with Crippen LogP contribution in [0.5, 0.6) is 11.5 Å². The number of anilines is 2. The van der Waals surface area contributed by atoms with E-state index in [1.807, 2.05) is 49.5 Å². The molecule has 1 fully saturated rings. The first-order valence-corrected chi connectivity index (χ1v) is 18.6. The normalized spacial score (nSPS) is 14.3. The minimum Gasteiger partial charge on any atom is -0.494 e. The summed E-state index contributed by atoms with van der Waals surface area (Å²) < 4.78 is 11.8. The summed E-state index contributed by atoms with van der Waals surface area (Å²) in [5.74, 6) is 1.92. The van der Waals surface area contributed by atoms with Crippen LogP contribution in [0.15, 0.2) is 91.0 Å². The van der Waals surface area contributed by atoms with Crippen LogP contribution in [0.4, 0.5) is 11.4 Å². The number of carbonyl (C=O) groups excluding carboxylic acids is 1. The van der Waals surface area contributed by atoms with Crippen molar-refractivity contribution in [1.29, 1.82) is 0 Å². The highest BCUT2D eigenvalue weighted by Crippen LogP contribution is 2.33. The Kier molecular flexibility index (Phi) is 15.1. The maximum absolute atomic E-state index is 11.5. The molecule has 4 aromatic carbocycles. The number of hydrogen-bond donors (Lipinski definition) is 2. The summed E-state index contributed by atoms with van der Waals surface area (Å²) in [6.07, 6.45) is 6.63. The van der Waals surface area contributed by atoms with Gasteiger partial charge in [0.15, 0.2) is 0 Å². The molecule has 0 atom stereocenters. The van der Waals surface area contributed by atoms with Crippen molar-refractivity contribution >= 4 is 40.5 Å². The van der Waals surface area contributed by atoms with Gasteiger partial charge in [0.05, 0.1) is 28.9 Å². The predicted molar refractivity (Wildman–Crippen MR) is 208 cm³/mol. The van der Waals surface area contributed by atoms with Crippen LogP contribution in [0.2, 0.25) is 10.0 Å². The zero-order valence-electron chi connectivity index (χ0n) is 29.1. The molecule has 0 bridgehead atoms. The third kappa shape index (κ3) is 11.7. The number of amides is 1. The lowest BCUT2D eigenvalue weighted by Gasteiger charge is -2.36. The third-order valence-corrected chi connectivity index (χ3v) is 9.86. The highest BCUT2D eigenvalue weighted by molar-refractivity contribution is 6.43. The van der Waals surface area contributed by atoms with Gasteiger partial charge in [-0.2, -0.15) is 0 Å². The molecule has 4 aromatic rings. The first-order valence-electron chi connectivity index (χ1n) is 17.9. The minimum atomic E-state index is 0.0809. The topological polar surface area (TPSA) is 66.1 Å². The first kappa shape index (κ1) is 37.5. The number of piperazine rings is 1. The number of halogens is 2. The average molecular weight is 718 g/mol. The Morgan fingerprint density at radius 1 is 0.780 bits per heavy atom. The van der Waals surface area contributed by atoms with Crippen LogP contribution in [-0.2, 0) is 17.6 Å². The Bertz CT molecular complexity index is 1630. The van der Waals surface area contributed by atoms with E-state index in [0.29, 0.717) is 23.1 Å². The Morgan fingerprint density at radius 2 is 1.54 bits per heavy atom. The molecular formula is C41H50Cl2N4O3. The number of carbonyl (C=O) groups is 1. The van der Waals surface area contributed by atoms with Crippen LogP contribution in [-0.4, -0.2) is 70.3 Å². The van der Waals surface area contributed by atoms with Gasteiger partial charge in [-0.15, -0.1) is 0 Å². The van der Waals surface area contributed by atoms with Crippen LogP contribution < -0.4 is 25.0 Å². The van der Waals surface area contributed by atoms with Crippen molar-refractivity contribution in [3.63, 3.8) is 0 Å². The van der Waals surface area contributed by atoms with Crippen molar-refractivity contribution < 1.29 is 14.3 Å². The van der Waals surface area contributed by atoms with Gasteiger partial charge in [-0.3, -0.25) is 9.69 Å². The van der Waals surface area contributed by atoms with Gasteiger partial charge >= 0.3 is 0 Å². The standard InChI is InChI=1S/C23H27Cl2N3O2.C18H23NO/c24-19-4-3-5-21(23(19)25)28-13-11-27(12-14-28)10-1-2-15-30-18-8-6-17-7-9-22(29)26-20(17)16-18;1-19-13-7-8-14-20-18-12-6-5-11-17(18)15-16-9-3-2-4-10-16/h3-6,8,16H,1-2,7,9-15H2,(H,26,29);2-6,9-12,19H,7-8,13-15H2,1H3. The number of benzene rings is 4. The van der Waals surface area contributed by atoms with Crippen molar-refractivity contribution in [2.75, 3.05) is 69.7 Å². The Balaban J connectivity index is 0.000000211. The summed E-state index contributed by atoms with van der Waals surface area (Å²) in [7, 11) is 1.98. The quantitative estimate of drug-likeness (QED) is 0.120. The molecule has 266 valence electrons. The van der Waals surface area contributed by atoms with Crippen molar-refractivity contribution in [2.24, 2.45) is 0 Å². The molecular weight excluding hydrogens is 667 g/mol. The van der Waals surface area contributed by atoms with E-state index in [0.717, 1.165) is 107 Å². The molecule has 9 heteroatoms. The van der Waals surface area contributed by atoms with Crippen LogP contribution >= 0.6 is 23.2 Å². The molecule has 2 aliphatic heterocycles. The van der Waals surface area contributed by atoms with Gasteiger partial charge in [0.1, 0.15) is 11.5 Å². The largest absolute Gasteiger partial charge is 0.494 e. The molecule has 0 spiro atoms. The van der Waals surface area contributed by atoms with Gasteiger partial charge in [-0.1, -0.05) is 83.9 Å². The van der Waals surface area contributed by atoms with Crippen molar-refractivity contribution in [3.05, 3.63) is 118 Å². The Hall–Kier alpha value is -3.75. The van der Waals surface area contributed by atoms with E-state index in [1.54, 1.807) is 0 Å². The van der Waals surface area contributed by atoms with Gasteiger partial charge in [-0.25, -0.2) is 0 Å². The monoisotopic (exact) mass is 716 g/mol. The Labute approximate surface area is 307 Å². The molecule has 0 unspecified atom stereocenters. The van der Waals surface area contributed by atoms with Gasteiger partial charge < -0.3 is 25.0 Å². The Morgan fingerprint density at radius 3 is 2.36 bits per heavy atom. The molecule has 0 radical (unpaired) electrons. The van der Waals surface area contributed by atoms with Gasteiger partial charge in [0.25, 0.3) is 0 Å².